The summed E-state index contributed by atoms with van der Waals surface area (Å²) < 4.78 is 0. The SMILES string of the molecule is CC(NC1c2ccccc2CC1(C)C)c1nccs1. The highest BCUT2D eigenvalue weighted by atomic mass is 32.1. The highest BCUT2D eigenvalue weighted by Crippen LogP contribution is 2.46. The Hall–Kier alpha value is -1.19. The lowest BCUT2D eigenvalue weighted by Gasteiger charge is -2.31. The van der Waals surface area contributed by atoms with E-state index in [1.54, 1.807) is 11.3 Å². The van der Waals surface area contributed by atoms with Crippen LogP contribution in [0.2, 0.25) is 0 Å². The summed E-state index contributed by atoms with van der Waals surface area (Å²) in [7, 11) is 0. The van der Waals surface area contributed by atoms with Gasteiger partial charge in [0.25, 0.3) is 0 Å². The van der Waals surface area contributed by atoms with Crippen molar-refractivity contribution in [3.8, 4) is 0 Å². The van der Waals surface area contributed by atoms with E-state index in [0.717, 1.165) is 6.42 Å². The van der Waals surface area contributed by atoms with Gasteiger partial charge in [-0.3, -0.25) is 0 Å². The Balaban J connectivity index is 1.87. The highest BCUT2D eigenvalue weighted by molar-refractivity contribution is 7.09. The molecule has 3 rings (SSSR count). The van der Waals surface area contributed by atoms with E-state index < -0.39 is 0 Å². The number of hydrogen-bond donors (Lipinski definition) is 1. The van der Waals surface area contributed by atoms with Crippen molar-refractivity contribution in [3.05, 3.63) is 52.0 Å². The van der Waals surface area contributed by atoms with Crippen LogP contribution in [0.25, 0.3) is 0 Å². The van der Waals surface area contributed by atoms with Crippen molar-refractivity contribution >= 4 is 11.3 Å². The third kappa shape index (κ3) is 2.33. The Labute approximate surface area is 118 Å². The summed E-state index contributed by atoms with van der Waals surface area (Å²) in [4.78, 5) is 4.42. The normalized spacial score (nSPS) is 22.2. The summed E-state index contributed by atoms with van der Waals surface area (Å²) in [5, 5.41) is 6.99. The fraction of sp³-hybridized carbons (Fsp3) is 0.438. The van der Waals surface area contributed by atoms with E-state index in [-0.39, 0.29) is 5.41 Å². The topological polar surface area (TPSA) is 24.9 Å². The van der Waals surface area contributed by atoms with Crippen molar-refractivity contribution in [2.24, 2.45) is 5.41 Å². The maximum absolute atomic E-state index is 4.42. The average Bonchev–Trinajstić information content (AvgIpc) is 2.96. The molecule has 3 heteroatoms. The molecule has 2 aromatic rings. The van der Waals surface area contributed by atoms with E-state index in [4.69, 9.17) is 0 Å². The lowest BCUT2D eigenvalue weighted by molar-refractivity contribution is 0.252. The zero-order valence-corrected chi connectivity index (χ0v) is 12.5. The Morgan fingerprint density at radius 3 is 2.89 bits per heavy atom. The van der Waals surface area contributed by atoms with Crippen LogP contribution in [-0.2, 0) is 6.42 Å². The van der Waals surface area contributed by atoms with Crippen LogP contribution in [0.3, 0.4) is 0 Å². The number of hydrogen-bond acceptors (Lipinski definition) is 3. The van der Waals surface area contributed by atoms with Gasteiger partial charge in [0.1, 0.15) is 5.01 Å². The first kappa shape index (κ1) is 12.8. The molecule has 1 aromatic heterocycles. The van der Waals surface area contributed by atoms with Gasteiger partial charge in [0, 0.05) is 17.6 Å². The van der Waals surface area contributed by atoms with Gasteiger partial charge in [-0.05, 0) is 29.9 Å². The van der Waals surface area contributed by atoms with E-state index in [1.807, 2.05) is 11.6 Å². The van der Waals surface area contributed by atoms with Gasteiger partial charge in [0.15, 0.2) is 0 Å². The van der Waals surface area contributed by atoms with Crippen LogP contribution in [0.15, 0.2) is 35.8 Å². The molecule has 0 spiro atoms. The van der Waals surface area contributed by atoms with Crippen LogP contribution in [0, 0.1) is 5.41 Å². The van der Waals surface area contributed by atoms with Crippen molar-refractivity contribution < 1.29 is 0 Å². The van der Waals surface area contributed by atoms with Gasteiger partial charge < -0.3 is 5.32 Å². The fourth-order valence-corrected chi connectivity index (χ4v) is 3.73. The van der Waals surface area contributed by atoms with E-state index in [2.05, 4.69) is 55.3 Å². The summed E-state index contributed by atoms with van der Waals surface area (Å²) >= 11 is 1.72. The molecule has 1 aliphatic rings. The van der Waals surface area contributed by atoms with Crippen molar-refractivity contribution in [1.29, 1.82) is 0 Å². The van der Waals surface area contributed by atoms with Crippen molar-refractivity contribution in [2.75, 3.05) is 0 Å². The molecular formula is C16H20N2S. The first-order valence-electron chi connectivity index (χ1n) is 6.81. The summed E-state index contributed by atoms with van der Waals surface area (Å²) in [5.41, 5.74) is 3.20. The Morgan fingerprint density at radius 1 is 1.37 bits per heavy atom. The standard InChI is InChI=1S/C16H20N2S/c1-11(15-17-8-9-19-15)18-14-13-7-5-4-6-12(13)10-16(14,2)3/h4-9,11,14,18H,10H2,1-3H3. The van der Waals surface area contributed by atoms with Crippen LogP contribution >= 0.6 is 11.3 Å². The number of aromatic nitrogens is 1. The largest absolute Gasteiger partial charge is 0.301 e. The smallest absolute Gasteiger partial charge is 0.109 e. The van der Waals surface area contributed by atoms with Crippen LogP contribution in [0.1, 0.15) is 49.0 Å². The molecule has 0 aliphatic heterocycles. The predicted molar refractivity (Wildman–Crippen MR) is 80.3 cm³/mol. The predicted octanol–water partition coefficient (Wildman–Crippen LogP) is 4.12. The molecule has 0 saturated heterocycles. The Bertz CT molecular complexity index is 560. The summed E-state index contributed by atoms with van der Waals surface area (Å²) in [6.07, 6.45) is 3.03. The number of thiazole rings is 1. The lowest BCUT2D eigenvalue weighted by atomic mass is 9.85. The first-order valence-corrected chi connectivity index (χ1v) is 7.69. The summed E-state index contributed by atoms with van der Waals surface area (Å²) in [6, 6.07) is 9.51. The van der Waals surface area contributed by atoms with Gasteiger partial charge in [-0.1, -0.05) is 38.1 Å². The molecule has 0 bridgehead atoms. The average molecular weight is 272 g/mol. The van der Waals surface area contributed by atoms with Gasteiger partial charge in [-0.15, -0.1) is 11.3 Å². The summed E-state index contributed by atoms with van der Waals surface area (Å²) in [5.74, 6) is 0. The van der Waals surface area contributed by atoms with Crippen molar-refractivity contribution in [1.82, 2.24) is 10.3 Å². The van der Waals surface area contributed by atoms with Gasteiger partial charge in [0.05, 0.1) is 6.04 Å². The number of rotatable bonds is 3. The number of nitrogens with zero attached hydrogens (tertiary/aromatic N) is 1. The molecule has 0 saturated carbocycles. The molecule has 2 atom stereocenters. The third-order valence-electron chi connectivity index (χ3n) is 4.03. The second-order valence-electron chi connectivity index (χ2n) is 6.06. The molecule has 2 nitrogen and oxygen atoms in total. The second-order valence-corrected chi connectivity index (χ2v) is 6.98. The molecule has 19 heavy (non-hydrogen) atoms. The van der Waals surface area contributed by atoms with E-state index in [1.165, 1.54) is 16.1 Å². The van der Waals surface area contributed by atoms with E-state index in [9.17, 15) is 0 Å². The minimum absolute atomic E-state index is 0.259. The van der Waals surface area contributed by atoms with Crippen LogP contribution < -0.4 is 5.32 Å². The molecule has 2 unspecified atom stereocenters. The maximum atomic E-state index is 4.42. The van der Waals surface area contributed by atoms with Gasteiger partial charge in [-0.2, -0.15) is 0 Å². The first-order chi connectivity index (χ1) is 9.08. The van der Waals surface area contributed by atoms with Crippen molar-refractivity contribution in [2.45, 2.75) is 39.3 Å². The third-order valence-corrected chi connectivity index (χ3v) is 4.99. The molecule has 1 heterocycles. The minimum Gasteiger partial charge on any atom is -0.301 e. The van der Waals surface area contributed by atoms with Gasteiger partial charge in [0.2, 0.25) is 0 Å². The molecule has 0 radical (unpaired) electrons. The van der Waals surface area contributed by atoms with E-state index >= 15 is 0 Å². The number of fused-ring (bicyclic) bond motifs is 1. The monoisotopic (exact) mass is 272 g/mol. The molecule has 100 valence electrons. The van der Waals surface area contributed by atoms with Crippen LogP contribution in [0.4, 0.5) is 0 Å². The summed E-state index contributed by atoms with van der Waals surface area (Å²) in [6.45, 7) is 6.90. The molecule has 0 amide bonds. The zero-order valence-electron chi connectivity index (χ0n) is 11.7. The number of benzene rings is 1. The Kier molecular flexibility index (Phi) is 3.19. The molecule has 1 aliphatic carbocycles. The second kappa shape index (κ2) is 4.73. The van der Waals surface area contributed by atoms with Gasteiger partial charge in [-0.25, -0.2) is 4.98 Å². The highest BCUT2D eigenvalue weighted by Gasteiger charge is 2.39. The van der Waals surface area contributed by atoms with Crippen LogP contribution in [-0.4, -0.2) is 4.98 Å². The maximum Gasteiger partial charge on any atom is 0.109 e. The number of nitrogens with one attached hydrogen (secondary N) is 1. The molecule has 1 aromatic carbocycles. The molecular weight excluding hydrogens is 252 g/mol. The van der Waals surface area contributed by atoms with Crippen molar-refractivity contribution in [3.63, 3.8) is 0 Å². The molecule has 1 N–H and O–H groups in total. The molecule has 0 fully saturated rings. The van der Waals surface area contributed by atoms with E-state index in [0.29, 0.717) is 12.1 Å². The van der Waals surface area contributed by atoms with Gasteiger partial charge >= 0.3 is 0 Å². The van der Waals surface area contributed by atoms with Crippen LogP contribution in [0.5, 0.6) is 0 Å². The quantitative estimate of drug-likeness (QED) is 0.909. The lowest BCUT2D eigenvalue weighted by Crippen LogP contribution is -2.33. The minimum atomic E-state index is 0.259. The fourth-order valence-electron chi connectivity index (χ4n) is 3.08. The Morgan fingerprint density at radius 2 is 2.16 bits per heavy atom. The zero-order chi connectivity index (χ0) is 13.5.